The van der Waals surface area contributed by atoms with Gasteiger partial charge in [-0.15, -0.1) is 11.3 Å². The molecule has 0 aliphatic carbocycles. The van der Waals surface area contributed by atoms with E-state index in [1.54, 1.807) is 31.3 Å². The number of hydrogen-bond acceptors (Lipinski definition) is 2. The minimum Gasteiger partial charge on any atom is -0.401 e. The third kappa shape index (κ3) is 4.47. The van der Waals surface area contributed by atoms with Gasteiger partial charge in [-0.05, 0) is 37.8 Å². The van der Waals surface area contributed by atoms with E-state index in [1.165, 1.54) is 0 Å². The topological polar surface area (TPSA) is 9.23 Å². The zero-order chi connectivity index (χ0) is 14.5. The monoisotopic (exact) mass is 308 g/mol. The van der Waals surface area contributed by atoms with Crippen molar-refractivity contribution < 1.29 is 17.6 Å². The Labute approximate surface area is 117 Å². The first-order chi connectivity index (χ1) is 8.88. The van der Waals surface area contributed by atoms with Crippen molar-refractivity contribution in [1.82, 2.24) is 0 Å². The Hall–Kier alpha value is -0.593. The molecule has 1 nitrogen and oxygen atoms in total. The summed E-state index contributed by atoms with van der Waals surface area (Å²) in [5.74, 6) is 0. The van der Waals surface area contributed by atoms with Crippen molar-refractivity contribution in [3.8, 4) is 0 Å². The molecule has 108 valence electrons. The molecule has 1 aromatic rings. The number of alkyl halides is 3. The highest BCUT2D eigenvalue weighted by Gasteiger charge is 2.41. The van der Waals surface area contributed by atoms with Crippen LogP contribution in [0.3, 0.4) is 0 Å². The van der Waals surface area contributed by atoms with E-state index in [4.69, 9.17) is 4.43 Å². The van der Waals surface area contributed by atoms with E-state index in [9.17, 15) is 13.2 Å². The molecule has 1 heterocycles. The molecule has 0 aromatic carbocycles. The van der Waals surface area contributed by atoms with Crippen LogP contribution in [0, 0.1) is 0 Å². The summed E-state index contributed by atoms with van der Waals surface area (Å²) in [6.45, 7) is 5.31. The average Bonchev–Trinajstić information content (AvgIpc) is 2.89. The van der Waals surface area contributed by atoms with Crippen molar-refractivity contribution >= 4 is 25.2 Å². The molecular weight excluding hydrogens is 289 g/mol. The Morgan fingerprint density at radius 2 is 1.89 bits per heavy atom. The van der Waals surface area contributed by atoms with E-state index in [0.717, 1.165) is 10.5 Å². The molecular formula is C13H19F3OSSi. The lowest BCUT2D eigenvalue weighted by Crippen LogP contribution is -2.52. The number of thiophene rings is 1. The predicted molar refractivity (Wildman–Crippen MR) is 76.8 cm³/mol. The van der Waals surface area contributed by atoms with Crippen LogP contribution in [0.15, 0.2) is 23.6 Å². The average molecular weight is 308 g/mol. The van der Waals surface area contributed by atoms with Gasteiger partial charge in [0.15, 0.2) is 0 Å². The highest BCUT2D eigenvalue weighted by atomic mass is 32.1. The molecule has 0 atom stereocenters. The molecule has 0 unspecified atom stereocenters. The van der Waals surface area contributed by atoms with Crippen molar-refractivity contribution in [3.63, 3.8) is 0 Å². The Kier molecular flexibility index (Phi) is 5.82. The minimum absolute atomic E-state index is 0.884. The smallest absolute Gasteiger partial charge is 0.285 e. The second-order valence-corrected chi connectivity index (χ2v) is 9.41. The van der Waals surface area contributed by atoms with Crippen LogP contribution in [0.4, 0.5) is 13.2 Å². The number of hydrogen-bond donors (Lipinski definition) is 0. The van der Waals surface area contributed by atoms with Crippen molar-refractivity contribution in [3.05, 3.63) is 28.5 Å². The maximum atomic E-state index is 12.9. The lowest BCUT2D eigenvalue weighted by atomic mass is 10.1. The summed E-state index contributed by atoms with van der Waals surface area (Å²) in [6.07, 6.45) is -1.35. The third-order valence-corrected chi connectivity index (χ3v) is 6.11. The van der Waals surface area contributed by atoms with E-state index < -0.39 is 32.8 Å². The van der Waals surface area contributed by atoms with Crippen LogP contribution in [0.5, 0.6) is 0 Å². The van der Waals surface area contributed by atoms with Gasteiger partial charge >= 0.3 is 0 Å². The molecule has 0 bridgehead atoms. The molecule has 0 saturated heterocycles. The fourth-order valence-electron chi connectivity index (χ4n) is 1.87. The Morgan fingerprint density at radius 3 is 2.32 bits per heavy atom. The molecule has 0 N–H and O–H groups in total. The second-order valence-electron chi connectivity index (χ2n) is 5.09. The minimum atomic E-state index is -3.55. The van der Waals surface area contributed by atoms with Crippen molar-refractivity contribution in [1.29, 1.82) is 0 Å². The highest BCUT2D eigenvalue weighted by Crippen LogP contribution is 2.27. The highest BCUT2D eigenvalue weighted by molar-refractivity contribution is 7.11. The van der Waals surface area contributed by atoms with Crippen LogP contribution in [-0.2, 0) is 4.43 Å². The molecule has 19 heavy (non-hydrogen) atoms. The number of allylic oxidation sites excluding steroid dienone is 1. The number of rotatable bonds is 7. The number of halogens is 3. The van der Waals surface area contributed by atoms with Gasteiger partial charge in [0.2, 0.25) is 0 Å². The normalized spacial score (nSPS) is 13.9. The summed E-state index contributed by atoms with van der Waals surface area (Å²) in [7, 11) is -3.55. The van der Waals surface area contributed by atoms with Gasteiger partial charge in [-0.2, -0.15) is 0 Å². The first-order valence-electron chi connectivity index (χ1n) is 5.99. The zero-order valence-corrected chi connectivity index (χ0v) is 13.2. The summed E-state index contributed by atoms with van der Waals surface area (Å²) >= 11 is 1.57. The molecule has 1 rings (SSSR count). The van der Waals surface area contributed by atoms with Crippen LogP contribution < -0.4 is 0 Å². The van der Waals surface area contributed by atoms with Crippen molar-refractivity contribution in [2.24, 2.45) is 0 Å². The fourth-order valence-corrected chi connectivity index (χ4v) is 4.13. The van der Waals surface area contributed by atoms with E-state index >= 15 is 0 Å². The Bertz CT molecular complexity index is 405. The quantitative estimate of drug-likeness (QED) is 0.678. The van der Waals surface area contributed by atoms with Gasteiger partial charge in [0.1, 0.15) is 18.9 Å². The van der Waals surface area contributed by atoms with Gasteiger partial charge in [-0.25, -0.2) is 0 Å². The second kappa shape index (κ2) is 6.72. The first kappa shape index (κ1) is 16.5. The van der Waals surface area contributed by atoms with Gasteiger partial charge < -0.3 is 4.43 Å². The first-order valence-corrected chi connectivity index (χ1v) is 9.40. The summed E-state index contributed by atoms with van der Waals surface area (Å²) in [5, 5.41) is 1.95. The molecule has 0 aliphatic heterocycles. The SMILES string of the molecule is CC(=CC(C)(C)O[Si](CF)(CF)CF)c1cccs1. The summed E-state index contributed by atoms with van der Waals surface area (Å²) in [4.78, 5) is 1.06. The molecule has 0 radical (unpaired) electrons. The van der Waals surface area contributed by atoms with Gasteiger partial charge in [-0.1, -0.05) is 12.1 Å². The maximum Gasteiger partial charge on any atom is 0.285 e. The van der Waals surface area contributed by atoms with Crippen LogP contribution in [0.1, 0.15) is 25.6 Å². The van der Waals surface area contributed by atoms with Crippen molar-refractivity contribution in [2.75, 3.05) is 18.9 Å². The molecule has 6 heteroatoms. The zero-order valence-electron chi connectivity index (χ0n) is 11.4. The van der Waals surface area contributed by atoms with E-state index in [1.807, 2.05) is 24.4 Å². The van der Waals surface area contributed by atoms with E-state index in [2.05, 4.69) is 0 Å². The Morgan fingerprint density at radius 1 is 1.32 bits per heavy atom. The van der Waals surface area contributed by atoms with E-state index in [-0.39, 0.29) is 0 Å². The van der Waals surface area contributed by atoms with Gasteiger partial charge in [0.25, 0.3) is 8.32 Å². The molecule has 0 aliphatic rings. The molecule has 0 spiro atoms. The molecule has 1 aromatic heterocycles. The summed E-state index contributed by atoms with van der Waals surface area (Å²) in [5.41, 5.74) is 0.0735. The van der Waals surface area contributed by atoms with Crippen LogP contribution in [0.2, 0.25) is 0 Å². The summed E-state index contributed by atoms with van der Waals surface area (Å²) in [6, 6.07) is 3.88. The Balaban J connectivity index is 2.89. The molecule has 0 fully saturated rings. The molecule has 0 amide bonds. The summed E-state index contributed by atoms with van der Waals surface area (Å²) < 4.78 is 44.2. The standard InChI is InChI=1S/C13H19F3OSSi/c1-11(12-5-4-6-18-12)7-13(2,3)17-19(8-14,9-15)10-16/h4-7H,8-10H2,1-3H3. The van der Waals surface area contributed by atoms with Crippen molar-refractivity contribution in [2.45, 2.75) is 26.4 Å². The maximum absolute atomic E-state index is 12.9. The lowest BCUT2D eigenvalue weighted by molar-refractivity contribution is 0.130. The fraction of sp³-hybridized carbons (Fsp3) is 0.538. The van der Waals surface area contributed by atoms with Gasteiger partial charge in [-0.3, -0.25) is 13.2 Å². The molecule has 0 saturated carbocycles. The third-order valence-electron chi connectivity index (χ3n) is 2.68. The van der Waals surface area contributed by atoms with Crippen LogP contribution >= 0.6 is 11.3 Å². The van der Waals surface area contributed by atoms with Crippen LogP contribution in [0.25, 0.3) is 5.57 Å². The van der Waals surface area contributed by atoms with Gasteiger partial charge in [0, 0.05) is 4.88 Å². The predicted octanol–water partition coefficient (Wildman–Crippen LogP) is 4.42. The van der Waals surface area contributed by atoms with Crippen LogP contribution in [-0.4, -0.2) is 32.8 Å². The van der Waals surface area contributed by atoms with Gasteiger partial charge in [0.05, 0.1) is 5.60 Å². The van der Waals surface area contributed by atoms with E-state index in [0.29, 0.717) is 0 Å². The largest absolute Gasteiger partial charge is 0.401 e. The lowest BCUT2D eigenvalue weighted by Gasteiger charge is -2.33.